The van der Waals surface area contributed by atoms with Crippen molar-refractivity contribution >= 4 is 11.6 Å². The van der Waals surface area contributed by atoms with E-state index in [0.717, 1.165) is 0 Å². The third kappa shape index (κ3) is 2.93. The minimum absolute atomic E-state index is 0.163. The van der Waals surface area contributed by atoms with Gasteiger partial charge in [-0.2, -0.15) is 0 Å². The number of benzene rings is 1. The molecule has 2 aromatic rings. The van der Waals surface area contributed by atoms with Crippen LogP contribution in [0.1, 0.15) is 17.4 Å². The molecule has 0 saturated carbocycles. The number of anilines is 1. The third-order valence-corrected chi connectivity index (χ3v) is 2.90. The maximum atomic E-state index is 12.1. The number of methoxy groups -OCH3 is 1. The van der Waals surface area contributed by atoms with E-state index in [1.807, 2.05) is 26.2 Å². The minimum atomic E-state index is -0.163. The summed E-state index contributed by atoms with van der Waals surface area (Å²) in [4.78, 5) is 12.1. The van der Waals surface area contributed by atoms with Gasteiger partial charge in [-0.1, -0.05) is 0 Å². The Labute approximate surface area is 118 Å². The number of ether oxygens (including phenoxy) is 2. The molecule has 1 heterocycles. The number of carbonyl (C=O) groups is 1. The molecule has 5 heteroatoms. The van der Waals surface area contributed by atoms with Crippen molar-refractivity contribution in [2.45, 2.75) is 6.92 Å². The standard InChI is InChI=1S/C15H18N2O3/c1-4-20-13-8-7-11(10-14(13)19-3)16-15(18)12-6-5-9-17(12)2/h5-10H,4H2,1-3H3,(H,16,18). The summed E-state index contributed by atoms with van der Waals surface area (Å²) >= 11 is 0. The summed E-state index contributed by atoms with van der Waals surface area (Å²) in [5.41, 5.74) is 1.26. The van der Waals surface area contributed by atoms with E-state index in [1.54, 1.807) is 35.9 Å². The van der Waals surface area contributed by atoms with Gasteiger partial charge in [-0.25, -0.2) is 0 Å². The molecule has 20 heavy (non-hydrogen) atoms. The van der Waals surface area contributed by atoms with Crippen LogP contribution in [0.2, 0.25) is 0 Å². The van der Waals surface area contributed by atoms with E-state index in [4.69, 9.17) is 9.47 Å². The van der Waals surface area contributed by atoms with Crippen LogP contribution in [-0.4, -0.2) is 24.2 Å². The van der Waals surface area contributed by atoms with Crippen molar-refractivity contribution in [1.82, 2.24) is 4.57 Å². The SMILES string of the molecule is CCOc1ccc(NC(=O)c2cccn2C)cc1OC. The lowest BCUT2D eigenvalue weighted by molar-refractivity contribution is 0.101. The van der Waals surface area contributed by atoms with Crippen molar-refractivity contribution in [3.63, 3.8) is 0 Å². The summed E-state index contributed by atoms with van der Waals surface area (Å²) in [5, 5.41) is 2.83. The number of carbonyl (C=O) groups excluding carboxylic acids is 1. The van der Waals surface area contributed by atoms with Gasteiger partial charge in [0.1, 0.15) is 5.69 Å². The number of hydrogen-bond acceptors (Lipinski definition) is 3. The van der Waals surface area contributed by atoms with E-state index in [1.165, 1.54) is 0 Å². The van der Waals surface area contributed by atoms with Crippen molar-refractivity contribution in [3.05, 3.63) is 42.2 Å². The Morgan fingerprint density at radius 1 is 1.30 bits per heavy atom. The molecule has 0 atom stereocenters. The molecule has 0 spiro atoms. The third-order valence-electron chi connectivity index (χ3n) is 2.90. The van der Waals surface area contributed by atoms with Crippen molar-refractivity contribution in [3.8, 4) is 11.5 Å². The number of rotatable bonds is 5. The van der Waals surface area contributed by atoms with Gasteiger partial charge in [-0.3, -0.25) is 4.79 Å². The zero-order chi connectivity index (χ0) is 14.5. The fourth-order valence-electron chi connectivity index (χ4n) is 1.91. The van der Waals surface area contributed by atoms with Crippen LogP contribution in [0.4, 0.5) is 5.69 Å². The number of amides is 1. The molecule has 0 radical (unpaired) electrons. The fourth-order valence-corrected chi connectivity index (χ4v) is 1.91. The van der Waals surface area contributed by atoms with E-state index in [9.17, 15) is 4.79 Å². The molecule has 2 rings (SSSR count). The largest absolute Gasteiger partial charge is 0.493 e. The van der Waals surface area contributed by atoms with Gasteiger partial charge in [-0.15, -0.1) is 0 Å². The molecular weight excluding hydrogens is 256 g/mol. The van der Waals surface area contributed by atoms with E-state index >= 15 is 0 Å². The molecule has 0 saturated heterocycles. The van der Waals surface area contributed by atoms with E-state index in [0.29, 0.717) is 29.5 Å². The monoisotopic (exact) mass is 274 g/mol. The number of nitrogens with zero attached hydrogens (tertiary/aromatic N) is 1. The van der Waals surface area contributed by atoms with Crippen LogP contribution >= 0.6 is 0 Å². The zero-order valence-electron chi connectivity index (χ0n) is 11.8. The quantitative estimate of drug-likeness (QED) is 0.912. The Kier molecular flexibility index (Phi) is 4.30. The van der Waals surface area contributed by atoms with Crippen LogP contribution < -0.4 is 14.8 Å². The first-order valence-electron chi connectivity index (χ1n) is 6.39. The number of nitrogens with one attached hydrogen (secondary N) is 1. The lowest BCUT2D eigenvalue weighted by Gasteiger charge is -2.12. The predicted octanol–water partition coefficient (Wildman–Crippen LogP) is 2.68. The van der Waals surface area contributed by atoms with Gasteiger partial charge in [0.15, 0.2) is 11.5 Å². The summed E-state index contributed by atoms with van der Waals surface area (Å²) in [5.74, 6) is 1.09. The molecule has 0 aliphatic heterocycles. The van der Waals surface area contributed by atoms with Gasteiger partial charge in [0.05, 0.1) is 13.7 Å². The molecule has 0 aliphatic carbocycles. The predicted molar refractivity (Wildman–Crippen MR) is 77.5 cm³/mol. The normalized spacial score (nSPS) is 10.2. The maximum Gasteiger partial charge on any atom is 0.272 e. The minimum Gasteiger partial charge on any atom is -0.493 e. The average molecular weight is 274 g/mol. The van der Waals surface area contributed by atoms with Gasteiger partial charge in [0.2, 0.25) is 0 Å². The second kappa shape index (κ2) is 6.14. The van der Waals surface area contributed by atoms with E-state index in [2.05, 4.69) is 5.32 Å². The van der Waals surface area contributed by atoms with Gasteiger partial charge in [0.25, 0.3) is 5.91 Å². The highest BCUT2D eigenvalue weighted by Gasteiger charge is 2.11. The van der Waals surface area contributed by atoms with Crippen molar-refractivity contribution in [2.75, 3.05) is 19.0 Å². The summed E-state index contributed by atoms with van der Waals surface area (Å²) in [6.45, 7) is 2.47. The van der Waals surface area contributed by atoms with Gasteiger partial charge >= 0.3 is 0 Å². The van der Waals surface area contributed by atoms with Crippen LogP contribution in [0.15, 0.2) is 36.5 Å². The molecule has 1 amide bonds. The Bertz CT molecular complexity index is 605. The highest BCUT2D eigenvalue weighted by molar-refractivity contribution is 6.03. The highest BCUT2D eigenvalue weighted by Crippen LogP contribution is 2.30. The van der Waals surface area contributed by atoms with Crippen LogP contribution in [0.3, 0.4) is 0 Å². The molecule has 1 aromatic carbocycles. The zero-order valence-corrected chi connectivity index (χ0v) is 11.8. The summed E-state index contributed by atoms with van der Waals surface area (Å²) < 4.78 is 12.5. The molecular formula is C15H18N2O3. The van der Waals surface area contributed by atoms with Gasteiger partial charge in [0, 0.05) is 25.0 Å². The maximum absolute atomic E-state index is 12.1. The van der Waals surface area contributed by atoms with Crippen molar-refractivity contribution in [2.24, 2.45) is 7.05 Å². The Hall–Kier alpha value is -2.43. The molecule has 106 valence electrons. The highest BCUT2D eigenvalue weighted by atomic mass is 16.5. The number of aromatic nitrogens is 1. The molecule has 0 unspecified atom stereocenters. The first kappa shape index (κ1) is 14.0. The van der Waals surface area contributed by atoms with Crippen molar-refractivity contribution < 1.29 is 14.3 Å². The first-order valence-corrected chi connectivity index (χ1v) is 6.39. The number of aryl methyl sites for hydroxylation is 1. The molecule has 0 fully saturated rings. The summed E-state index contributed by atoms with van der Waals surface area (Å²) in [6.07, 6.45) is 1.83. The molecule has 0 bridgehead atoms. The second-order valence-electron chi connectivity index (χ2n) is 4.26. The summed E-state index contributed by atoms with van der Waals surface area (Å²) in [7, 11) is 3.40. The second-order valence-corrected chi connectivity index (χ2v) is 4.26. The molecule has 1 N–H and O–H groups in total. The van der Waals surface area contributed by atoms with Gasteiger partial charge in [-0.05, 0) is 31.2 Å². The van der Waals surface area contributed by atoms with Gasteiger partial charge < -0.3 is 19.4 Å². The molecule has 5 nitrogen and oxygen atoms in total. The lowest BCUT2D eigenvalue weighted by Crippen LogP contribution is -2.15. The van der Waals surface area contributed by atoms with E-state index in [-0.39, 0.29) is 5.91 Å². The van der Waals surface area contributed by atoms with E-state index < -0.39 is 0 Å². The summed E-state index contributed by atoms with van der Waals surface area (Å²) in [6, 6.07) is 8.90. The Balaban J connectivity index is 2.18. The van der Waals surface area contributed by atoms with Crippen LogP contribution in [-0.2, 0) is 7.05 Å². The van der Waals surface area contributed by atoms with Crippen LogP contribution in [0, 0.1) is 0 Å². The first-order chi connectivity index (χ1) is 9.65. The fraction of sp³-hybridized carbons (Fsp3) is 0.267. The average Bonchev–Trinajstić information content (AvgIpc) is 2.87. The topological polar surface area (TPSA) is 52.5 Å². The van der Waals surface area contributed by atoms with Crippen LogP contribution in [0.5, 0.6) is 11.5 Å². The molecule has 0 aliphatic rings. The lowest BCUT2D eigenvalue weighted by atomic mass is 10.2. The van der Waals surface area contributed by atoms with Crippen LogP contribution in [0.25, 0.3) is 0 Å². The van der Waals surface area contributed by atoms with Crippen molar-refractivity contribution in [1.29, 1.82) is 0 Å². The number of hydrogen-bond donors (Lipinski definition) is 1. The Morgan fingerprint density at radius 3 is 2.70 bits per heavy atom. The smallest absolute Gasteiger partial charge is 0.272 e. The Morgan fingerprint density at radius 2 is 2.10 bits per heavy atom. The molecule has 1 aromatic heterocycles.